The predicted octanol–water partition coefficient (Wildman–Crippen LogP) is 2.33. The van der Waals surface area contributed by atoms with E-state index in [0.29, 0.717) is 5.56 Å². The third kappa shape index (κ3) is 4.25. The number of carbonyl (C=O) groups excluding carboxylic acids is 4. The summed E-state index contributed by atoms with van der Waals surface area (Å²) < 4.78 is 10.7. The normalized spacial score (nSPS) is 14.5. The summed E-state index contributed by atoms with van der Waals surface area (Å²) in [5.74, 6) is -2.60. The molecule has 0 fully saturated rings. The van der Waals surface area contributed by atoms with Gasteiger partial charge in [-0.2, -0.15) is 0 Å². The molecule has 1 atom stereocenters. The van der Waals surface area contributed by atoms with Crippen molar-refractivity contribution in [1.29, 1.82) is 0 Å². The van der Waals surface area contributed by atoms with Gasteiger partial charge in [0, 0.05) is 5.56 Å². The Morgan fingerprint density at radius 2 is 1.20 bits per heavy atom. The van der Waals surface area contributed by atoms with E-state index in [-0.39, 0.29) is 16.4 Å². The fourth-order valence-electron chi connectivity index (χ4n) is 4.77. The third-order valence-electron chi connectivity index (χ3n) is 6.03. The zero-order valence-corrected chi connectivity index (χ0v) is 21.9. The molecule has 0 bridgehead atoms. The molecule has 1 aliphatic rings. The van der Waals surface area contributed by atoms with Crippen LogP contribution >= 0.6 is 7.34 Å². The highest BCUT2D eigenvalue weighted by Crippen LogP contribution is 2.56. The van der Waals surface area contributed by atoms with Crippen LogP contribution in [-0.4, -0.2) is 103 Å². The minimum absolute atomic E-state index is 0.102. The summed E-state index contributed by atoms with van der Waals surface area (Å²) in [6.07, 6.45) is 0. The number of methoxy groups -OCH3 is 1. The van der Waals surface area contributed by atoms with Crippen LogP contribution in [0.4, 0.5) is 0 Å². The number of hydrogen-bond acceptors (Lipinski definition) is 8. The van der Waals surface area contributed by atoms with Gasteiger partial charge in [0.15, 0.2) is 11.8 Å². The van der Waals surface area contributed by atoms with Crippen molar-refractivity contribution < 1.29 is 23.9 Å². The number of nitrogens with zero attached hydrogens (tertiary/aromatic N) is 4. The number of ketones is 1. The van der Waals surface area contributed by atoms with E-state index in [1.807, 2.05) is 56.3 Å². The topological polar surface area (TPSA) is 90.5 Å². The Labute approximate surface area is 206 Å². The number of carbonyl (C=O) groups is 4. The third-order valence-corrected chi connectivity index (χ3v) is 10.5. The number of fused-ring (bicyclic) bond motifs is 1. The molecule has 0 radical (unpaired) electrons. The minimum Gasteiger partial charge on any atom is -0.467 e. The SMILES string of the molecule is COC(=O)C(C(C(=O)c1ccccc1)=P(N(C)C)(N(C)C)N(C)C)N1C(=O)c2ccccc2C1=O. The lowest BCUT2D eigenvalue weighted by molar-refractivity contribution is -0.142. The van der Waals surface area contributed by atoms with E-state index < -0.39 is 36.9 Å². The van der Waals surface area contributed by atoms with E-state index in [4.69, 9.17) is 4.74 Å². The molecule has 0 aliphatic carbocycles. The molecule has 1 unspecified atom stereocenters. The van der Waals surface area contributed by atoms with Gasteiger partial charge in [0.2, 0.25) is 0 Å². The van der Waals surface area contributed by atoms with Gasteiger partial charge in [-0.15, -0.1) is 0 Å². The van der Waals surface area contributed by atoms with Gasteiger partial charge >= 0.3 is 5.97 Å². The van der Waals surface area contributed by atoms with Crippen molar-refractivity contribution in [2.75, 3.05) is 49.4 Å². The summed E-state index contributed by atoms with van der Waals surface area (Å²) in [6, 6.07) is 13.3. The number of imide groups is 1. The smallest absolute Gasteiger partial charge is 0.334 e. The predicted molar refractivity (Wildman–Crippen MR) is 137 cm³/mol. The fraction of sp³-hybridized carbons (Fsp3) is 0.320. The highest BCUT2D eigenvalue weighted by Gasteiger charge is 2.50. The number of rotatable bonds is 8. The Hall–Kier alpha value is -3.10. The standard InChI is InChI=1S/C25H31N4O5P/c1-26(2)35(27(3)4,28(5)6)22(21(30)17-13-9-8-10-14-17)20(25(33)34-7)29-23(31)18-15-11-12-16-19(18)24(29)32/h8-16,20H,1-7H3. The monoisotopic (exact) mass is 498 g/mol. The van der Waals surface area contributed by atoms with E-state index in [2.05, 4.69) is 0 Å². The van der Waals surface area contributed by atoms with E-state index in [1.165, 1.54) is 19.2 Å². The lowest BCUT2D eigenvalue weighted by Crippen LogP contribution is -2.55. The number of Topliss-reactive ketones (excluding diaryl/α,β-unsaturated/α-hetero) is 1. The summed E-state index contributed by atoms with van der Waals surface area (Å²) in [7, 11) is 9.08. The molecular weight excluding hydrogens is 467 g/mol. The molecule has 0 saturated heterocycles. The summed E-state index contributed by atoms with van der Waals surface area (Å²) in [5.41, 5.74) is 0.700. The van der Waals surface area contributed by atoms with Gasteiger partial charge < -0.3 is 4.74 Å². The average Bonchev–Trinajstić information content (AvgIpc) is 3.08. The molecule has 2 aromatic rings. The number of hydrogen-bond donors (Lipinski definition) is 0. The van der Waals surface area contributed by atoms with Gasteiger partial charge in [0.1, 0.15) is 0 Å². The molecular formula is C25H31N4O5P. The second kappa shape index (κ2) is 10.3. The van der Waals surface area contributed by atoms with Gasteiger partial charge in [-0.3, -0.25) is 33.3 Å². The average molecular weight is 499 g/mol. The molecule has 2 aromatic carbocycles. The van der Waals surface area contributed by atoms with Crippen molar-refractivity contribution >= 4 is 36.2 Å². The zero-order valence-electron chi connectivity index (χ0n) is 21.1. The van der Waals surface area contributed by atoms with Crippen molar-refractivity contribution in [2.24, 2.45) is 0 Å². The molecule has 2 amide bonds. The summed E-state index contributed by atoms with van der Waals surface area (Å²) in [5, 5.41) is 0.102. The molecule has 186 valence electrons. The van der Waals surface area contributed by atoms with Crippen molar-refractivity contribution in [3.8, 4) is 0 Å². The van der Waals surface area contributed by atoms with Crippen molar-refractivity contribution in [1.82, 2.24) is 18.9 Å². The molecule has 1 heterocycles. The zero-order chi connectivity index (χ0) is 26.1. The van der Waals surface area contributed by atoms with E-state index >= 15 is 0 Å². The lowest BCUT2D eigenvalue weighted by atomic mass is 10.0. The largest absolute Gasteiger partial charge is 0.467 e. The van der Waals surface area contributed by atoms with Gasteiger partial charge in [-0.1, -0.05) is 42.5 Å². The van der Waals surface area contributed by atoms with Crippen LogP contribution in [-0.2, 0) is 9.53 Å². The molecule has 0 aromatic heterocycles. The van der Waals surface area contributed by atoms with Gasteiger partial charge in [0.25, 0.3) is 11.8 Å². The quantitative estimate of drug-likeness (QED) is 0.237. The van der Waals surface area contributed by atoms with Crippen LogP contribution in [0.1, 0.15) is 31.1 Å². The maximum atomic E-state index is 14.3. The van der Waals surface area contributed by atoms with Crippen LogP contribution in [0.15, 0.2) is 54.6 Å². The van der Waals surface area contributed by atoms with Gasteiger partial charge in [-0.05, 0) is 54.4 Å². The van der Waals surface area contributed by atoms with E-state index in [9.17, 15) is 19.2 Å². The number of benzene rings is 2. The van der Waals surface area contributed by atoms with Gasteiger partial charge in [0.05, 0.1) is 30.9 Å². The molecule has 0 saturated carbocycles. The van der Waals surface area contributed by atoms with Crippen LogP contribution in [0.2, 0.25) is 0 Å². The second-order valence-corrected chi connectivity index (χ2v) is 12.7. The molecule has 1 aliphatic heterocycles. The van der Waals surface area contributed by atoms with Crippen LogP contribution in [0.3, 0.4) is 0 Å². The Bertz CT molecular complexity index is 1160. The number of ether oxygens (including phenoxy) is 1. The molecule has 0 N–H and O–H groups in total. The van der Waals surface area contributed by atoms with Crippen LogP contribution in [0, 0.1) is 0 Å². The first-order valence-electron chi connectivity index (χ1n) is 11.0. The minimum atomic E-state index is -2.95. The molecule has 0 spiro atoms. The first kappa shape index (κ1) is 26.5. The first-order chi connectivity index (χ1) is 16.5. The molecule has 10 heteroatoms. The second-order valence-electron chi connectivity index (χ2n) is 8.64. The molecule has 9 nitrogen and oxygen atoms in total. The van der Waals surface area contributed by atoms with E-state index in [0.717, 1.165) is 4.90 Å². The van der Waals surface area contributed by atoms with E-state index in [1.54, 1.807) is 42.5 Å². The highest BCUT2D eigenvalue weighted by atomic mass is 31.2. The Morgan fingerprint density at radius 3 is 1.60 bits per heavy atom. The molecule has 3 rings (SSSR count). The van der Waals surface area contributed by atoms with Crippen molar-refractivity contribution in [3.63, 3.8) is 0 Å². The van der Waals surface area contributed by atoms with Crippen molar-refractivity contribution in [2.45, 2.75) is 6.04 Å². The number of esters is 1. The maximum absolute atomic E-state index is 14.3. The summed E-state index contributed by atoms with van der Waals surface area (Å²) >= 11 is 0. The summed E-state index contributed by atoms with van der Waals surface area (Å²) in [4.78, 5) is 55.6. The fourth-order valence-corrected chi connectivity index (χ4v) is 9.16. The summed E-state index contributed by atoms with van der Waals surface area (Å²) in [6.45, 7) is 0. The Kier molecular flexibility index (Phi) is 7.77. The number of amides is 2. The van der Waals surface area contributed by atoms with Crippen molar-refractivity contribution in [3.05, 3.63) is 71.3 Å². The van der Waals surface area contributed by atoms with Crippen LogP contribution in [0.5, 0.6) is 0 Å². The van der Waals surface area contributed by atoms with Gasteiger partial charge in [-0.25, -0.2) is 4.79 Å². The molecule has 35 heavy (non-hydrogen) atoms. The Balaban J connectivity index is 2.47. The lowest BCUT2D eigenvalue weighted by Gasteiger charge is -2.47. The van der Waals surface area contributed by atoms with Crippen LogP contribution in [0.25, 0.3) is 0 Å². The Morgan fingerprint density at radius 1 is 0.771 bits per heavy atom. The highest BCUT2D eigenvalue weighted by molar-refractivity contribution is 7.71. The van der Waals surface area contributed by atoms with Crippen LogP contribution < -0.4 is 0 Å². The first-order valence-corrected chi connectivity index (χ1v) is 12.6. The maximum Gasteiger partial charge on any atom is 0.334 e.